The van der Waals surface area contributed by atoms with Crippen LogP contribution in [0.3, 0.4) is 0 Å². The highest BCUT2D eigenvalue weighted by atomic mass is 16.6. The molecule has 0 radical (unpaired) electrons. The van der Waals surface area contributed by atoms with E-state index >= 15 is 0 Å². The Labute approximate surface area is 274 Å². The molecule has 0 aromatic heterocycles. The molecule has 8 heteroatoms. The molecule has 0 saturated carbocycles. The quantitative estimate of drug-likeness (QED) is 0.0366. The van der Waals surface area contributed by atoms with Gasteiger partial charge >= 0.3 is 17.9 Å². The lowest BCUT2D eigenvalue weighted by molar-refractivity contribution is -0.887. The third-order valence-corrected chi connectivity index (χ3v) is 7.59. The zero-order valence-electron chi connectivity index (χ0n) is 29.3. The molecule has 260 valence electrons. The highest BCUT2D eigenvalue weighted by Gasteiger charge is 2.31. The van der Waals surface area contributed by atoms with Crippen LogP contribution < -0.4 is 0 Å². The van der Waals surface area contributed by atoms with Gasteiger partial charge in [0.1, 0.15) is 6.61 Å². The Hall–Kier alpha value is -2.45. The average molecular weight is 637 g/mol. The molecule has 45 heavy (non-hydrogen) atoms. The zero-order valence-corrected chi connectivity index (χ0v) is 29.3. The van der Waals surface area contributed by atoms with E-state index in [2.05, 4.69) is 38.2 Å². The SMILES string of the molecule is CC/C=C/C/C=C/C/C=C/CC(=O)OC(COCCC(C(=O)O)[N+](C)(C)C)COC(=O)CCCCCCCCCCCCCC. The molecule has 1 N–H and O–H groups in total. The summed E-state index contributed by atoms with van der Waals surface area (Å²) in [6, 6.07) is -0.624. The number of aliphatic carboxylic acids is 1. The number of likely N-dealkylation sites (N-methyl/N-ethyl adjacent to an activating group) is 1. The van der Waals surface area contributed by atoms with Gasteiger partial charge in [-0.3, -0.25) is 9.59 Å². The number of carbonyl (C=O) groups is 3. The number of rotatable bonds is 30. The third-order valence-electron chi connectivity index (χ3n) is 7.59. The summed E-state index contributed by atoms with van der Waals surface area (Å²) in [6.07, 6.45) is 29.4. The van der Waals surface area contributed by atoms with Crippen LogP contribution in [0.15, 0.2) is 36.5 Å². The predicted molar refractivity (Wildman–Crippen MR) is 183 cm³/mol. The van der Waals surface area contributed by atoms with Gasteiger partial charge < -0.3 is 23.8 Å². The Morgan fingerprint density at radius 2 is 1.22 bits per heavy atom. The summed E-state index contributed by atoms with van der Waals surface area (Å²) in [5, 5.41) is 9.54. The van der Waals surface area contributed by atoms with Gasteiger partial charge in [0.15, 0.2) is 12.1 Å². The second-order valence-electron chi connectivity index (χ2n) is 12.8. The lowest BCUT2D eigenvalue weighted by Crippen LogP contribution is -2.50. The van der Waals surface area contributed by atoms with E-state index in [0.29, 0.717) is 12.8 Å². The van der Waals surface area contributed by atoms with Gasteiger partial charge in [0, 0.05) is 12.8 Å². The van der Waals surface area contributed by atoms with Crippen LogP contribution in [0.25, 0.3) is 0 Å². The zero-order chi connectivity index (χ0) is 33.6. The second-order valence-corrected chi connectivity index (χ2v) is 12.8. The number of quaternary nitrogens is 1. The van der Waals surface area contributed by atoms with Crippen molar-refractivity contribution in [2.45, 2.75) is 142 Å². The van der Waals surface area contributed by atoms with E-state index in [4.69, 9.17) is 14.2 Å². The topological polar surface area (TPSA) is 99.1 Å². The Morgan fingerprint density at radius 3 is 1.76 bits per heavy atom. The lowest BCUT2D eigenvalue weighted by atomic mass is 10.0. The van der Waals surface area contributed by atoms with Crippen molar-refractivity contribution in [3.05, 3.63) is 36.5 Å². The van der Waals surface area contributed by atoms with Crippen molar-refractivity contribution in [2.24, 2.45) is 0 Å². The average Bonchev–Trinajstić information content (AvgIpc) is 2.98. The van der Waals surface area contributed by atoms with E-state index < -0.39 is 24.1 Å². The van der Waals surface area contributed by atoms with Crippen molar-refractivity contribution in [3.63, 3.8) is 0 Å². The number of hydrogen-bond acceptors (Lipinski definition) is 6. The van der Waals surface area contributed by atoms with E-state index in [-0.39, 0.29) is 36.7 Å². The second kappa shape index (κ2) is 29.0. The number of ether oxygens (including phenoxy) is 3. The molecule has 2 unspecified atom stereocenters. The molecule has 0 rings (SSSR count). The van der Waals surface area contributed by atoms with Crippen LogP contribution in [0.1, 0.15) is 129 Å². The summed E-state index contributed by atoms with van der Waals surface area (Å²) < 4.78 is 17.0. The maximum Gasteiger partial charge on any atom is 0.362 e. The van der Waals surface area contributed by atoms with Crippen molar-refractivity contribution in [3.8, 4) is 0 Å². The van der Waals surface area contributed by atoms with Gasteiger partial charge in [-0.05, 0) is 25.7 Å². The minimum absolute atomic E-state index is 0.0266. The standard InChI is InChI=1S/C37H65NO7/c1-6-8-10-12-14-16-17-18-20-21-23-25-27-35(39)44-32-33(31-43-30-29-34(37(41)42)38(3,4)5)45-36(40)28-26-24-22-19-15-13-11-9-7-2/h9,11,15,19,24,26,33-34H,6-8,10,12-14,16-18,20-23,25,27-32H2,1-5H3/p+1/b11-9+,19-15+,26-24+. The minimum atomic E-state index is -0.889. The Morgan fingerprint density at radius 1 is 0.689 bits per heavy atom. The van der Waals surface area contributed by atoms with Gasteiger partial charge in [0.2, 0.25) is 0 Å². The Balaban J connectivity index is 4.53. The van der Waals surface area contributed by atoms with Crippen molar-refractivity contribution < 1.29 is 38.2 Å². The molecule has 8 nitrogen and oxygen atoms in total. The number of unbranched alkanes of at least 4 members (excludes halogenated alkanes) is 11. The van der Waals surface area contributed by atoms with Crippen LogP contribution in [-0.4, -0.2) is 80.6 Å². The molecule has 0 aliphatic heterocycles. The van der Waals surface area contributed by atoms with E-state index in [9.17, 15) is 19.5 Å². The summed E-state index contributed by atoms with van der Waals surface area (Å²) in [6.45, 7) is 4.48. The number of allylic oxidation sites excluding steroid dienone is 5. The molecule has 0 amide bonds. The maximum atomic E-state index is 12.5. The molecule has 0 heterocycles. The van der Waals surface area contributed by atoms with E-state index in [1.165, 1.54) is 57.8 Å². The number of nitrogens with zero attached hydrogens (tertiary/aromatic N) is 1. The van der Waals surface area contributed by atoms with Gasteiger partial charge in [-0.1, -0.05) is 121 Å². The fourth-order valence-electron chi connectivity index (χ4n) is 4.86. The van der Waals surface area contributed by atoms with Crippen molar-refractivity contribution in [1.82, 2.24) is 0 Å². The third kappa shape index (κ3) is 27.6. The van der Waals surface area contributed by atoms with Crippen LogP contribution in [0, 0.1) is 0 Å². The molecule has 0 fully saturated rings. The van der Waals surface area contributed by atoms with Gasteiger partial charge in [-0.15, -0.1) is 0 Å². The van der Waals surface area contributed by atoms with Crippen molar-refractivity contribution in [1.29, 1.82) is 0 Å². The molecule has 0 aromatic carbocycles. The molecule has 0 aliphatic carbocycles. The molecule has 0 saturated heterocycles. The molecule has 0 aromatic rings. The number of hydrogen-bond donors (Lipinski definition) is 1. The molecular formula is C37H66NO7+. The number of carbonyl (C=O) groups excluding carboxylic acids is 2. The maximum absolute atomic E-state index is 12.5. The lowest BCUT2D eigenvalue weighted by Gasteiger charge is -2.31. The fourth-order valence-corrected chi connectivity index (χ4v) is 4.86. The molecule has 2 atom stereocenters. The predicted octanol–water partition coefficient (Wildman–Crippen LogP) is 8.35. The molecule has 0 spiro atoms. The van der Waals surface area contributed by atoms with E-state index in [1.807, 2.05) is 27.2 Å². The Bertz CT molecular complexity index is 844. The van der Waals surface area contributed by atoms with Gasteiger partial charge in [0.25, 0.3) is 0 Å². The van der Waals surface area contributed by atoms with Crippen molar-refractivity contribution in [2.75, 3.05) is 41.0 Å². The van der Waals surface area contributed by atoms with Gasteiger partial charge in [-0.25, -0.2) is 4.79 Å². The monoisotopic (exact) mass is 636 g/mol. The first kappa shape index (κ1) is 42.6. The summed E-state index contributed by atoms with van der Waals surface area (Å²) in [5.41, 5.74) is 0. The highest BCUT2D eigenvalue weighted by Crippen LogP contribution is 2.13. The van der Waals surface area contributed by atoms with Crippen molar-refractivity contribution >= 4 is 17.9 Å². The summed E-state index contributed by atoms with van der Waals surface area (Å²) in [7, 11) is 5.48. The van der Waals surface area contributed by atoms with Crippen LogP contribution in [0.5, 0.6) is 0 Å². The van der Waals surface area contributed by atoms with Gasteiger partial charge in [-0.2, -0.15) is 0 Å². The van der Waals surface area contributed by atoms with Crippen LogP contribution >= 0.6 is 0 Å². The van der Waals surface area contributed by atoms with Crippen LogP contribution in [0.4, 0.5) is 0 Å². The first-order valence-electron chi connectivity index (χ1n) is 17.5. The highest BCUT2D eigenvalue weighted by molar-refractivity contribution is 5.72. The largest absolute Gasteiger partial charge is 0.477 e. The first-order chi connectivity index (χ1) is 21.6. The normalized spacial score (nSPS) is 13.5. The molecule has 0 aliphatic rings. The number of carboxylic acid groups (broad SMARTS) is 1. The molecule has 0 bridgehead atoms. The fraction of sp³-hybridized carbons (Fsp3) is 0.757. The van der Waals surface area contributed by atoms with Gasteiger partial charge in [0.05, 0.1) is 40.8 Å². The summed E-state index contributed by atoms with van der Waals surface area (Å²) in [4.78, 5) is 36.5. The minimum Gasteiger partial charge on any atom is -0.477 e. The summed E-state index contributed by atoms with van der Waals surface area (Å²) in [5.74, 6) is -1.62. The number of esters is 2. The van der Waals surface area contributed by atoms with Crippen LogP contribution in [0.2, 0.25) is 0 Å². The first-order valence-corrected chi connectivity index (χ1v) is 17.5. The Kier molecular flexibility index (Phi) is 27.4. The van der Waals surface area contributed by atoms with E-state index in [0.717, 1.165) is 38.5 Å². The van der Waals surface area contributed by atoms with Crippen LogP contribution in [-0.2, 0) is 28.6 Å². The number of carboxylic acids is 1. The van der Waals surface area contributed by atoms with E-state index in [1.54, 1.807) is 6.08 Å². The molecular weight excluding hydrogens is 570 g/mol. The summed E-state index contributed by atoms with van der Waals surface area (Å²) >= 11 is 0. The smallest absolute Gasteiger partial charge is 0.362 e.